The van der Waals surface area contributed by atoms with Crippen LogP contribution in [0.1, 0.15) is 37.5 Å². The molecule has 0 saturated carbocycles. The summed E-state index contributed by atoms with van der Waals surface area (Å²) >= 11 is 0. The zero-order chi connectivity index (χ0) is 16.8. The monoisotopic (exact) mass is 304 g/mol. The molecule has 5 nitrogen and oxygen atoms in total. The number of carbonyl (C=O) groups is 1. The Morgan fingerprint density at radius 3 is 2.50 bits per heavy atom. The van der Waals surface area contributed by atoms with Gasteiger partial charge in [0.1, 0.15) is 0 Å². The van der Waals surface area contributed by atoms with Crippen molar-refractivity contribution in [2.75, 3.05) is 13.1 Å². The van der Waals surface area contributed by atoms with Crippen LogP contribution in [0.15, 0.2) is 23.2 Å². The third kappa shape index (κ3) is 5.39. The molecule has 22 heavy (non-hydrogen) atoms. The number of aryl methyl sites for hydroxylation is 2. The maximum atomic E-state index is 11.4. The van der Waals surface area contributed by atoms with Crippen LogP contribution in [-0.2, 0) is 11.3 Å². The number of guanidine groups is 1. The van der Waals surface area contributed by atoms with Gasteiger partial charge in [-0.2, -0.15) is 0 Å². The predicted molar refractivity (Wildman–Crippen MR) is 91.7 cm³/mol. The first-order valence-electron chi connectivity index (χ1n) is 7.64. The summed E-state index contributed by atoms with van der Waals surface area (Å²) in [6.07, 6.45) is 0. The van der Waals surface area contributed by atoms with Crippen molar-refractivity contribution in [2.24, 2.45) is 16.1 Å². The third-order valence-corrected chi connectivity index (χ3v) is 3.61. The van der Waals surface area contributed by atoms with E-state index >= 15 is 0 Å². The van der Waals surface area contributed by atoms with E-state index in [1.165, 1.54) is 16.7 Å². The molecule has 0 aliphatic rings. The molecule has 5 heteroatoms. The molecule has 0 aromatic heterocycles. The van der Waals surface area contributed by atoms with Crippen molar-refractivity contribution in [3.8, 4) is 0 Å². The SMILES string of the molecule is CCNC(=NCc1ccc(C)cc1C)NCC(C)(C)C(N)=O. The maximum Gasteiger partial charge on any atom is 0.224 e. The minimum absolute atomic E-state index is 0.328. The lowest BCUT2D eigenvalue weighted by molar-refractivity contribution is -0.125. The summed E-state index contributed by atoms with van der Waals surface area (Å²) in [7, 11) is 0. The van der Waals surface area contributed by atoms with E-state index in [-0.39, 0.29) is 5.91 Å². The number of amides is 1. The lowest BCUT2D eigenvalue weighted by atomic mass is 9.93. The van der Waals surface area contributed by atoms with Crippen LogP contribution in [0.5, 0.6) is 0 Å². The van der Waals surface area contributed by atoms with Crippen molar-refractivity contribution in [1.82, 2.24) is 10.6 Å². The van der Waals surface area contributed by atoms with E-state index in [1.807, 2.05) is 20.8 Å². The molecule has 1 rings (SSSR count). The van der Waals surface area contributed by atoms with Crippen LogP contribution in [0.4, 0.5) is 0 Å². The Balaban J connectivity index is 2.75. The Hall–Kier alpha value is -2.04. The summed E-state index contributed by atoms with van der Waals surface area (Å²) in [5.74, 6) is 0.363. The molecular weight excluding hydrogens is 276 g/mol. The van der Waals surface area contributed by atoms with Gasteiger partial charge in [-0.1, -0.05) is 23.8 Å². The highest BCUT2D eigenvalue weighted by Gasteiger charge is 2.24. The van der Waals surface area contributed by atoms with E-state index in [0.29, 0.717) is 19.0 Å². The number of primary amides is 1. The lowest BCUT2D eigenvalue weighted by Crippen LogP contribution is -2.46. The summed E-state index contributed by atoms with van der Waals surface area (Å²) in [6, 6.07) is 6.35. The van der Waals surface area contributed by atoms with Gasteiger partial charge in [-0.05, 0) is 45.7 Å². The van der Waals surface area contributed by atoms with Gasteiger partial charge in [0, 0.05) is 13.1 Å². The summed E-state index contributed by atoms with van der Waals surface area (Å²) in [4.78, 5) is 15.9. The molecule has 0 atom stereocenters. The van der Waals surface area contributed by atoms with E-state index in [1.54, 1.807) is 0 Å². The zero-order valence-corrected chi connectivity index (χ0v) is 14.3. The van der Waals surface area contributed by atoms with Crippen LogP contribution in [0.3, 0.4) is 0 Å². The topological polar surface area (TPSA) is 79.5 Å². The van der Waals surface area contributed by atoms with Gasteiger partial charge in [0.25, 0.3) is 0 Å². The number of hydrogen-bond acceptors (Lipinski definition) is 2. The lowest BCUT2D eigenvalue weighted by Gasteiger charge is -2.22. The minimum atomic E-state index is -0.615. The second-order valence-corrected chi connectivity index (χ2v) is 6.23. The molecule has 0 aliphatic carbocycles. The fourth-order valence-electron chi connectivity index (χ4n) is 1.92. The second kappa shape index (κ2) is 7.82. The second-order valence-electron chi connectivity index (χ2n) is 6.23. The van der Waals surface area contributed by atoms with Gasteiger partial charge in [0.05, 0.1) is 12.0 Å². The molecule has 4 N–H and O–H groups in total. The molecule has 0 heterocycles. The smallest absolute Gasteiger partial charge is 0.224 e. The molecule has 1 aromatic carbocycles. The van der Waals surface area contributed by atoms with Crippen LogP contribution in [0.25, 0.3) is 0 Å². The first kappa shape index (κ1) is 18.0. The van der Waals surface area contributed by atoms with Crippen LogP contribution in [0.2, 0.25) is 0 Å². The van der Waals surface area contributed by atoms with Crippen LogP contribution in [0, 0.1) is 19.3 Å². The minimum Gasteiger partial charge on any atom is -0.369 e. The normalized spacial score (nSPS) is 12.1. The van der Waals surface area contributed by atoms with Crippen molar-refractivity contribution >= 4 is 11.9 Å². The molecule has 0 fully saturated rings. The van der Waals surface area contributed by atoms with Gasteiger partial charge < -0.3 is 16.4 Å². The molecule has 1 amide bonds. The Bertz CT molecular complexity index is 550. The highest BCUT2D eigenvalue weighted by atomic mass is 16.1. The predicted octanol–water partition coefficient (Wildman–Crippen LogP) is 1.87. The number of aliphatic imine (C=N–C) groups is 1. The standard InChI is InChI=1S/C17H28N4O/c1-6-19-16(21-11-17(4,5)15(18)22)20-10-14-8-7-12(2)9-13(14)3/h7-9H,6,10-11H2,1-5H3,(H2,18,22)(H2,19,20,21). The molecule has 0 spiro atoms. The van der Waals surface area contributed by atoms with Gasteiger partial charge >= 0.3 is 0 Å². The number of rotatable bonds is 6. The van der Waals surface area contributed by atoms with E-state index in [9.17, 15) is 4.79 Å². The highest BCUT2D eigenvalue weighted by Crippen LogP contribution is 2.13. The molecule has 0 unspecified atom stereocenters. The summed E-state index contributed by atoms with van der Waals surface area (Å²) in [5.41, 5.74) is 8.45. The zero-order valence-electron chi connectivity index (χ0n) is 14.3. The average Bonchev–Trinajstić information content (AvgIpc) is 2.43. The Labute approximate surface area is 133 Å². The van der Waals surface area contributed by atoms with Crippen molar-refractivity contribution in [2.45, 2.75) is 41.2 Å². The van der Waals surface area contributed by atoms with E-state index in [4.69, 9.17) is 5.73 Å². The van der Waals surface area contributed by atoms with E-state index in [0.717, 1.165) is 6.54 Å². The van der Waals surface area contributed by atoms with Gasteiger partial charge in [0.2, 0.25) is 5.91 Å². The molecule has 1 aromatic rings. The fourth-order valence-corrected chi connectivity index (χ4v) is 1.92. The van der Waals surface area contributed by atoms with Crippen molar-refractivity contribution in [1.29, 1.82) is 0 Å². The third-order valence-electron chi connectivity index (χ3n) is 3.61. The van der Waals surface area contributed by atoms with Crippen molar-refractivity contribution < 1.29 is 4.79 Å². The molecule has 0 aliphatic heterocycles. The quantitative estimate of drug-likeness (QED) is 0.554. The van der Waals surface area contributed by atoms with E-state index in [2.05, 4.69) is 47.7 Å². The Morgan fingerprint density at radius 2 is 1.95 bits per heavy atom. The van der Waals surface area contributed by atoms with Gasteiger partial charge in [-0.25, -0.2) is 4.99 Å². The molecular formula is C17H28N4O. The maximum absolute atomic E-state index is 11.4. The number of nitrogens with two attached hydrogens (primary N) is 1. The molecule has 0 radical (unpaired) electrons. The van der Waals surface area contributed by atoms with Gasteiger partial charge in [-0.3, -0.25) is 4.79 Å². The highest BCUT2D eigenvalue weighted by molar-refractivity contribution is 5.83. The molecule has 122 valence electrons. The largest absolute Gasteiger partial charge is 0.369 e. The van der Waals surface area contributed by atoms with Crippen LogP contribution >= 0.6 is 0 Å². The van der Waals surface area contributed by atoms with E-state index < -0.39 is 5.41 Å². The number of hydrogen-bond donors (Lipinski definition) is 3. The number of benzene rings is 1. The molecule has 0 bridgehead atoms. The van der Waals surface area contributed by atoms with Crippen LogP contribution in [-0.4, -0.2) is 25.0 Å². The van der Waals surface area contributed by atoms with Crippen LogP contribution < -0.4 is 16.4 Å². The first-order valence-corrected chi connectivity index (χ1v) is 7.64. The van der Waals surface area contributed by atoms with Crippen molar-refractivity contribution in [3.05, 3.63) is 34.9 Å². The average molecular weight is 304 g/mol. The Morgan fingerprint density at radius 1 is 1.27 bits per heavy atom. The Kier molecular flexibility index (Phi) is 6.40. The van der Waals surface area contributed by atoms with Gasteiger partial charge in [-0.15, -0.1) is 0 Å². The number of nitrogens with zero attached hydrogens (tertiary/aromatic N) is 1. The number of carbonyl (C=O) groups excluding carboxylic acids is 1. The van der Waals surface area contributed by atoms with Gasteiger partial charge in [0.15, 0.2) is 5.96 Å². The molecule has 0 saturated heterocycles. The first-order chi connectivity index (χ1) is 10.3. The van der Waals surface area contributed by atoms with Crippen molar-refractivity contribution in [3.63, 3.8) is 0 Å². The summed E-state index contributed by atoms with van der Waals surface area (Å²) < 4.78 is 0. The number of nitrogens with one attached hydrogen (secondary N) is 2. The summed E-state index contributed by atoms with van der Waals surface area (Å²) in [6.45, 7) is 11.6. The fraction of sp³-hybridized carbons (Fsp3) is 0.529. The summed E-state index contributed by atoms with van der Waals surface area (Å²) in [5, 5.41) is 6.36.